The van der Waals surface area contributed by atoms with Crippen LogP contribution in [0.15, 0.2) is 41.6 Å². The molecular formula is C16H17N7OS. The molecule has 8 nitrogen and oxygen atoms in total. The summed E-state index contributed by atoms with van der Waals surface area (Å²) in [5.41, 5.74) is 1.96. The first-order chi connectivity index (χ1) is 12.2. The fraction of sp³-hybridized carbons (Fsp3) is 0.312. The largest absolute Gasteiger partial charge is 0.310 e. The molecule has 4 rings (SSSR count). The Morgan fingerprint density at radius 1 is 1.32 bits per heavy atom. The maximum Gasteiger partial charge on any atom is 0.236 e. The zero-order valence-electron chi connectivity index (χ0n) is 13.7. The average Bonchev–Trinajstić information content (AvgIpc) is 3.27. The lowest BCUT2D eigenvalue weighted by atomic mass is 10.3. The minimum Gasteiger partial charge on any atom is -0.310 e. The fourth-order valence-corrected chi connectivity index (χ4v) is 3.14. The van der Waals surface area contributed by atoms with Crippen LogP contribution in [0.5, 0.6) is 0 Å². The molecule has 0 spiro atoms. The van der Waals surface area contributed by atoms with Crippen LogP contribution in [0.3, 0.4) is 0 Å². The Morgan fingerprint density at radius 2 is 2.12 bits per heavy atom. The first-order valence-corrected chi connectivity index (χ1v) is 8.99. The van der Waals surface area contributed by atoms with Gasteiger partial charge in [0.15, 0.2) is 0 Å². The molecule has 1 aromatic carbocycles. The quantitative estimate of drug-likeness (QED) is 0.680. The highest BCUT2D eigenvalue weighted by Crippen LogP contribution is 2.40. The van der Waals surface area contributed by atoms with Crippen molar-refractivity contribution in [1.82, 2.24) is 30.0 Å². The van der Waals surface area contributed by atoms with E-state index in [1.54, 1.807) is 11.7 Å². The molecule has 0 aliphatic heterocycles. The molecule has 1 fully saturated rings. The van der Waals surface area contributed by atoms with Crippen molar-refractivity contribution in [2.24, 2.45) is 7.05 Å². The third-order valence-corrected chi connectivity index (χ3v) is 4.92. The Kier molecular flexibility index (Phi) is 4.22. The molecule has 1 amide bonds. The summed E-state index contributed by atoms with van der Waals surface area (Å²) in [6.07, 6.45) is 2.32. The average molecular weight is 355 g/mol. The molecule has 128 valence electrons. The van der Waals surface area contributed by atoms with Crippen LogP contribution in [0.25, 0.3) is 5.69 Å². The van der Waals surface area contributed by atoms with Gasteiger partial charge in [0.2, 0.25) is 11.1 Å². The van der Waals surface area contributed by atoms with Crippen molar-refractivity contribution < 1.29 is 4.79 Å². The number of thioether (sulfide) groups is 1. The van der Waals surface area contributed by atoms with Crippen molar-refractivity contribution in [1.29, 1.82) is 0 Å². The number of para-hydroxylation sites is 1. The predicted octanol–water partition coefficient (Wildman–Crippen LogP) is 2.00. The van der Waals surface area contributed by atoms with Crippen molar-refractivity contribution in [3.8, 4) is 5.69 Å². The Hall–Kier alpha value is -2.68. The number of anilines is 1. The van der Waals surface area contributed by atoms with Crippen LogP contribution >= 0.6 is 11.8 Å². The van der Waals surface area contributed by atoms with Crippen molar-refractivity contribution in [3.63, 3.8) is 0 Å². The molecule has 2 aromatic heterocycles. The van der Waals surface area contributed by atoms with Gasteiger partial charge in [0.25, 0.3) is 0 Å². The molecule has 0 saturated heterocycles. The first kappa shape index (κ1) is 15.8. The van der Waals surface area contributed by atoms with Gasteiger partial charge < -0.3 is 5.32 Å². The van der Waals surface area contributed by atoms with E-state index in [2.05, 4.69) is 25.9 Å². The van der Waals surface area contributed by atoms with E-state index in [1.807, 2.05) is 36.4 Å². The Labute approximate surface area is 148 Å². The second-order valence-electron chi connectivity index (χ2n) is 5.90. The summed E-state index contributed by atoms with van der Waals surface area (Å²) in [7, 11) is 1.74. The van der Waals surface area contributed by atoms with Gasteiger partial charge in [0, 0.05) is 19.0 Å². The second kappa shape index (κ2) is 6.67. The minimum atomic E-state index is -0.118. The normalized spacial score (nSPS) is 13.8. The number of hydrogen-bond acceptors (Lipinski definition) is 6. The molecule has 1 N–H and O–H groups in total. The van der Waals surface area contributed by atoms with E-state index in [-0.39, 0.29) is 11.7 Å². The summed E-state index contributed by atoms with van der Waals surface area (Å²) in [6, 6.07) is 11.8. The highest BCUT2D eigenvalue weighted by molar-refractivity contribution is 7.99. The maximum absolute atomic E-state index is 12.3. The van der Waals surface area contributed by atoms with Crippen molar-refractivity contribution in [2.45, 2.75) is 23.9 Å². The van der Waals surface area contributed by atoms with E-state index in [4.69, 9.17) is 0 Å². The van der Waals surface area contributed by atoms with Crippen LogP contribution in [-0.2, 0) is 11.8 Å². The summed E-state index contributed by atoms with van der Waals surface area (Å²) in [5, 5.41) is 19.4. The number of hydrogen-bond donors (Lipinski definition) is 1. The maximum atomic E-state index is 12.3. The monoisotopic (exact) mass is 355 g/mol. The molecule has 0 bridgehead atoms. The molecule has 3 aromatic rings. The van der Waals surface area contributed by atoms with Gasteiger partial charge in [-0.05, 0) is 35.4 Å². The Bertz CT molecular complexity index is 885. The fourth-order valence-electron chi connectivity index (χ4n) is 2.49. The van der Waals surface area contributed by atoms with Crippen LogP contribution in [0.1, 0.15) is 24.5 Å². The van der Waals surface area contributed by atoms with E-state index < -0.39 is 0 Å². The minimum absolute atomic E-state index is 0.118. The molecule has 0 radical (unpaired) electrons. The standard InChI is InChI=1S/C16H17N7OS/c1-22-16(18-20-21-22)25-10-15(24)17-14-9-13(11-7-8-11)19-23(14)12-5-3-2-4-6-12/h2-6,9,11H,7-8,10H2,1H3,(H,17,24). The van der Waals surface area contributed by atoms with Crippen LogP contribution < -0.4 is 5.32 Å². The molecule has 0 unspecified atom stereocenters. The number of amides is 1. The molecule has 2 heterocycles. The van der Waals surface area contributed by atoms with Crippen LogP contribution in [-0.4, -0.2) is 41.6 Å². The van der Waals surface area contributed by atoms with Gasteiger partial charge in [-0.15, -0.1) is 5.10 Å². The number of aromatic nitrogens is 6. The molecule has 1 aliphatic rings. The topological polar surface area (TPSA) is 90.5 Å². The van der Waals surface area contributed by atoms with Gasteiger partial charge in [0.1, 0.15) is 5.82 Å². The zero-order chi connectivity index (χ0) is 17.2. The number of rotatable bonds is 6. The van der Waals surface area contributed by atoms with Gasteiger partial charge in [-0.1, -0.05) is 30.0 Å². The van der Waals surface area contributed by atoms with Crippen LogP contribution in [0.2, 0.25) is 0 Å². The summed E-state index contributed by atoms with van der Waals surface area (Å²) >= 11 is 1.29. The third-order valence-electron chi connectivity index (χ3n) is 3.91. The first-order valence-electron chi connectivity index (χ1n) is 8.01. The van der Waals surface area contributed by atoms with Crippen LogP contribution in [0, 0.1) is 0 Å². The van der Waals surface area contributed by atoms with Gasteiger partial charge >= 0.3 is 0 Å². The van der Waals surface area contributed by atoms with Crippen LogP contribution in [0.4, 0.5) is 5.82 Å². The Balaban J connectivity index is 1.51. The lowest BCUT2D eigenvalue weighted by Gasteiger charge is -2.08. The van der Waals surface area contributed by atoms with E-state index in [1.165, 1.54) is 16.4 Å². The van der Waals surface area contributed by atoms with Gasteiger partial charge in [-0.2, -0.15) is 5.10 Å². The second-order valence-corrected chi connectivity index (χ2v) is 6.84. The molecular weight excluding hydrogens is 338 g/mol. The predicted molar refractivity (Wildman–Crippen MR) is 93.7 cm³/mol. The highest BCUT2D eigenvalue weighted by atomic mass is 32.2. The lowest BCUT2D eigenvalue weighted by molar-refractivity contribution is -0.113. The van der Waals surface area contributed by atoms with Crippen molar-refractivity contribution >= 4 is 23.5 Å². The van der Waals surface area contributed by atoms with Gasteiger partial charge in [-0.25, -0.2) is 9.36 Å². The van der Waals surface area contributed by atoms with Gasteiger partial charge in [-0.3, -0.25) is 4.79 Å². The summed E-state index contributed by atoms with van der Waals surface area (Å²) < 4.78 is 3.33. The van der Waals surface area contributed by atoms with E-state index >= 15 is 0 Å². The van der Waals surface area contributed by atoms with E-state index in [9.17, 15) is 4.79 Å². The number of benzene rings is 1. The summed E-state index contributed by atoms with van der Waals surface area (Å²) in [5.74, 6) is 1.31. The molecule has 1 aliphatic carbocycles. The molecule has 25 heavy (non-hydrogen) atoms. The summed E-state index contributed by atoms with van der Waals surface area (Å²) in [4.78, 5) is 12.3. The molecule has 9 heteroatoms. The Morgan fingerprint density at radius 3 is 2.80 bits per heavy atom. The molecule has 1 saturated carbocycles. The van der Waals surface area contributed by atoms with E-state index in [0.717, 1.165) is 24.2 Å². The number of carbonyl (C=O) groups excluding carboxylic acids is 1. The number of aryl methyl sites for hydroxylation is 1. The molecule has 0 atom stereocenters. The number of carbonyl (C=O) groups is 1. The van der Waals surface area contributed by atoms with Crippen molar-refractivity contribution in [2.75, 3.05) is 11.1 Å². The SMILES string of the molecule is Cn1nnnc1SCC(=O)Nc1cc(C2CC2)nn1-c1ccccc1. The third kappa shape index (κ3) is 3.55. The van der Waals surface area contributed by atoms with E-state index in [0.29, 0.717) is 16.9 Å². The van der Waals surface area contributed by atoms with Gasteiger partial charge in [0.05, 0.1) is 17.1 Å². The zero-order valence-corrected chi connectivity index (χ0v) is 14.5. The lowest BCUT2D eigenvalue weighted by Crippen LogP contribution is -2.17. The van der Waals surface area contributed by atoms with Crippen molar-refractivity contribution in [3.05, 3.63) is 42.1 Å². The number of tetrazole rings is 1. The number of nitrogens with zero attached hydrogens (tertiary/aromatic N) is 6. The smallest absolute Gasteiger partial charge is 0.236 e. The highest BCUT2D eigenvalue weighted by Gasteiger charge is 2.28. The number of nitrogens with one attached hydrogen (secondary N) is 1. The summed E-state index contributed by atoms with van der Waals surface area (Å²) in [6.45, 7) is 0.